The van der Waals surface area contributed by atoms with Crippen molar-refractivity contribution in [3.05, 3.63) is 41.6 Å². The van der Waals surface area contributed by atoms with Gasteiger partial charge in [0.15, 0.2) is 0 Å². The predicted molar refractivity (Wildman–Crippen MR) is 74.0 cm³/mol. The van der Waals surface area contributed by atoms with Crippen molar-refractivity contribution in [3.63, 3.8) is 0 Å². The predicted octanol–water partition coefficient (Wildman–Crippen LogP) is 1.49. The molecule has 0 amide bonds. The van der Waals surface area contributed by atoms with Gasteiger partial charge in [0.25, 0.3) is 0 Å². The molecule has 0 unspecified atom stereocenters. The maximum atomic E-state index is 6.06. The molecule has 0 aliphatic carbocycles. The molecule has 18 heavy (non-hydrogen) atoms. The Morgan fingerprint density at radius 2 is 2.00 bits per heavy atom. The summed E-state index contributed by atoms with van der Waals surface area (Å²) in [6.45, 7) is 4.46. The molecule has 0 bridgehead atoms. The van der Waals surface area contributed by atoms with Crippen LogP contribution in [-0.4, -0.2) is 22.2 Å². The minimum Gasteiger partial charge on any atom is -0.383 e. The van der Waals surface area contributed by atoms with Gasteiger partial charge in [-0.2, -0.15) is 5.10 Å². The number of aliphatic imine (C=N–C) groups is 1. The molecule has 94 valence electrons. The van der Waals surface area contributed by atoms with Crippen molar-refractivity contribution in [2.24, 2.45) is 10.7 Å². The lowest BCUT2D eigenvalue weighted by Gasteiger charge is -2.02. The summed E-state index contributed by atoms with van der Waals surface area (Å²) in [6.07, 6.45) is 0. The second kappa shape index (κ2) is 4.91. The van der Waals surface area contributed by atoms with Crippen molar-refractivity contribution in [2.45, 2.75) is 13.8 Å². The van der Waals surface area contributed by atoms with Crippen LogP contribution in [0, 0.1) is 6.92 Å². The maximum absolute atomic E-state index is 6.06. The summed E-state index contributed by atoms with van der Waals surface area (Å²) in [5.74, 6) is 1.02. The number of nitrogens with zero attached hydrogens (tertiary/aromatic N) is 3. The third-order valence-corrected chi connectivity index (χ3v) is 2.74. The fourth-order valence-corrected chi connectivity index (χ4v) is 1.76. The molecule has 0 aliphatic rings. The van der Waals surface area contributed by atoms with Crippen molar-refractivity contribution in [3.8, 4) is 5.69 Å². The normalized spacial score (nSPS) is 11.8. The number of nitrogens with two attached hydrogens (primary N) is 2. The van der Waals surface area contributed by atoms with Gasteiger partial charge in [0.1, 0.15) is 17.3 Å². The summed E-state index contributed by atoms with van der Waals surface area (Å²) in [6, 6.07) is 9.72. The standard InChI is InChI=1S/C13H17N5/c1-3-16-12(14)11-9(2)13(15)18(17-11)10-7-5-4-6-8-10/h4-8H,3,15H2,1-2H3,(H2,14,16). The van der Waals surface area contributed by atoms with Gasteiger partial charge >= 0.3 is 0 Å². The lowest BCUT2D eigenvalue weighted by molar-refractivity contribution is 0.884. The van der Waals surface area contributed by atoms with E-state index in [0.29, 0.717) is 23.9 Å². The largest absolute Gasteiger partial charge is 0.383 e. The van der Waals surface area contributed by atoms with Gasteiger partial charge in [-0.25, -0.2) is 4.68 Å². The highest BCUT2D eigenvalue weighted by atomic mass is 15.3. The Balaban J connectivity index is 2.53. The van der Waals surface area contributed by atoms with Crippen molar-refractivity contribution >= 4 is 11.7 Å². The van der Waals surface area contributed by atoms with Crippen LogP contribution < -0.4 is 11.5 Å². The second-order valence-electron chi connectivity index (χ2n) is 3.97. The van der Waals surface area contributed by atoms with Crippen molar-refractivity contribution in [1.29, 1.82) is 0 Å². The summed E-state index contributed by atoms with van der Waals surface area (Å²) < 4.78 is 1.68. The molecular formula is C13H17N5. The quantitative estimate of drug-likeness (QED) is 0.633. The Labute approximate surface area is 106 Å². The lowest BCUT2D eigenvalue weighted by atomic mass is 10.2. The zero-order valence-corrected chi connectivity index (χ0v) is 10.6. The molecule has 2 rings (SSSR count). The Kier molecular flexibility index (Phi) is 3.32. The Morgan fingerprint density at radius 1 is 1.33 bits per heavy atom. The van der Waals surface area contributed by atoms with Crippen molar-refractivity contribution in [2.75, 3.05) is 12.3 Å². The maximum Gasteiger partial charge on any atom is 0.146 e. The van der Waals surface area contributed by atoms with Gasteiger partial charge < -0.3 is 11.5 Å². The van der Waals surface area contributed by atoms with Crippen LogP contribution in [0.15, 0.2) is 35.3 Å². The van der Waals surface area contributed by atoms with E-state index in [4.69, 9.17) is 11.5 Å². The number of nitrogen functional groups attached to an aromatic ring is 1. The van der Waals surface area contributed by atoms with Gasteiger partial charge in [-0.1, -0.05) is 18.2 Å². The summed E-state index contributed by atoms with van der Waals surface area (Å²) in [4.78, 5) is 4.17. The summed E-state index contributed by atoms with van der Waals surface area (Å²) in [5.41, 5.74) is 14.4. The van der Waals surface area contributed by atoms with E-state index in [1.807, 2.05) is 44.2 Å². The number of hydrogen-bond acceptors (Lipinski definition) is 3. The van der Waals surface area contributed by atoms with Crippen LogP contribution in [0.4, 0.5) is 5.82 Å². The molecule has 1 aromatic heterocycles. The van der Waals surface area contributed by atoms with Crippen LogP contribution in [0.1, 0.15) is 18.2 Å². The van der Waals surface area contributed by atoms with E-state index in [-0.39, 0.29) is 0 Å². The fraction of sp³-hybridized carbons (Fsp3) is 0.231. The van der Waals surface area contributed by atoms with E-state index in [9.17, 15) is 0 Å². The second-order valence-corrected chi connectivity index (χ2v) is 3.97. The van der Waals surface area contributed by atoms with Crippen LogP contribution in [0.5, 0.6) is 0 Å². The number of aromatic nitrogens is 2. The van der Waals surface area contributed by atoms with Gasteiger partial charge in [-0.05, 0) is 26.0 Å². The molecule has 0 atom stereocenters. The third-order valence-electron chi connectivity index (χ3n) is 2.74. The number of rotatable bonds is 3. The Bertz CT molecular complexity index is 569. The van der Waals surface area contributed by atoms with Crippen molar-refractivity contribution in [1.82, 2.24) is 9.78 Å². The highest BCUT2D eigenvalue weighted by molar-refractivity contribution is 5.98. The fourth-order valence-electron chi connectivity index (χ4n) is 1.76. The van der Waals surface area contributed by atoms with Gasteiger partial charge in [0, 0.05) is 12.1 Å². The van der Waals surface area contributed by atoms with E-state index in [1.54, 1.807) is 4.68 Å². The molecule has 0 spiro atoms. The SMILES string of the molecule is CCN=C(N)c1nn(-c2ccccc2)c(N)c1C. The van der Waals surface area contributed by atoms with Gasteiger partial charge in [0.2, 0.25) is 0 Å². The van der Waals surface area contributed by atoms with Crippen LogP contribution in [0.25, 0.3) is 5.69 Å². The zero-order chi connectivity index (χ0) is 13.1. The first-order chi connectivity index (χ1) is 8.65. The number of anilines is 1. The number of para-hydroxylation sites is 1. The first-order valence-corrected chi connectivity index (χ1v) is 5.86. The minimum absolute atomic E-state index is 0.427. The summed E-state index contributed by atoms with van der Waals surface area (Å²) >= 11 is 0. The van der Waals surface area contributed by atoms with Gasteiger partial charge in [-0.15, -0.1) is 0 Å². The van der Waals surface area contributed by atoms with Crippen LogP contribution >= 0.6 is 0 Å². The molecule has 1 aromatic carbocycles. The number of amidine groups is 1. The molecule has 2 aromatic rings. The average Bonchev–Trinajstić information content (AvgIpc) is 2.68. The molecule has 0 fully saturated rings. The Hall–Kier alpha value is -2.30. The minimum atomic E-state index is 0.427. The topological polar surface area (TPSA) is 82.2 Å². The van der Waals surface area contributed by atoms with Gasteiger partial charge in [-0.3, -0.25) is 4.99 Å². The van der Waals surface area contributed by atoms with Crippen LogP contribution in [-0.2, 0) is 0 Å². The molecule has 1 heterocycles. The van der Waals surface area contributed by atoms with Crippen molar-refractivity contribution < 1.29 is 0 Å². The highest BCUT2D eigenvalue weighted by Crippen LogP contribution is 2.19. The molecule has 0 saturated carbocycles. The van der Waals surface area contributed by atoms with Gasteiger partial charge in [0.05, 0.1) is 5.69 Å². The van der Waals surface area contributed by atoms with E-state index >= 15 is 0 Å². The van der Waals surface area contributed by atoms with E-state index in [0.717, 1.165) is 11.3 Å². The molecule has 4 N–H and O–H groups in total. The number of benzene rings is 1. The summed E-state index contributed by atoms with van der Waals surface area (Å²) in [5, 5.41) is 4.43. The summed E-state index contributed by atoms with van der Waals surface area (Å²) in [7, 11) is 0. The molecule has 5 heteroatoms. The van der Waals surface area contributed by atoms with E-state index in [1.165, 1.54) is 0 Å². The smallest absolute Gasteiger partial charge is 0.146 e. The molecule has 5 nitrogen and oxygen atoms in total. The number of hydrogen-bond donors (Lipinski definition) is 2. The highest BCUT2D eigenvalue weighted by Gasteiger charge is 2.15. The van der Waals surface area contributed by atoms with Crippen LogP contribution in [0.2, 0.25) is 0 Å². The third kappa shape index (κ3) is 2.07. The molecule has 0 saturated heterocycles. The average molecular weight is 243 g/mol. The molecule has 0 radical (unpaired) electrons. The molecule has 0 aliphatic heterocycles. The first kappa shape index (κ1) is 12.2. The monoisotopic (exact) mass is 243 g/mol. The van der Waals surface area contributed by atoms with E-state index < -0.39 is 0 Å². The van der Waals surface area contributed by atoms with E-state index in [2.05, 4.69) is 10.1 Å². The van der Waals surface area contributed by atoms with Crippen LogP contribution in [0.3, 0.4) is 0 Å². The lowest BCUT2D eigenvalue weighted by Crippen LogP contribution is -2.16. The Morgan fingerprint density at radius 3 is 2.61 bits per heavy atom. The molecular weight excluding hydrogens is 226 g/mol. The zero-order valence-electron chi connectivity index (χ0n) is 10.6. The first-order valence-electron chi connectivity index (χ1n) is 5.86.